The molecule has 0 amide bonds. The van der Waals surface area contributed by atoms with Gasteiger partial charge in [-0.05, 0) is 0 Å². The van der Waals surface area contributed by atoms with Gasteiger partial charge in [0.05, 0.1) is 27.3 Å². The first-order valence-electron chi connectivity index (χ1n) is 6.80. The first-order chi connectivity index (χ1) is 7.88. The maximum absolute atomic E-state index is 9.33. The minimum atomic E-state index is 0.135. The Morgan fingerprint density at radius 2 is 0.875 bits per heavy atom. The molecule has 12 heteroatoms. The van der Waals surface area contributed by atoms with E-state index in [-0.39, 0.29) is 13.2 Å². The Bertz CT molecular complexity index is 199. The standard InChI is InChI=1S/C4H16B10O2/c15-1-3-4(2-16)6-8-10-12-14-13-11-9-7-5-3/h5-16H,1-2H2/b4-3-. The molecule has 0 aromatic carbocycles. The van der Waals surface area contributed by atoms with Crippen LogP contribution in [0.25, 0.3) is 0 Å². The van der Waals surface area contributed by atoms with Crippen LogP contribution >= 0.6 is 0 Å². The summed E-state index contributed by atoms with van der Waals surface area (Å²) in [5, 5.41) is 18.7. The lowest BCUT2D eigenvalue weighted by Gasteiger charge is -2.10. The molecule has 2 nitrogen and oxygen atoms in total. The molecule has 0 aromatic heterocycles. The summed E-state index contributed by atoms with van der Waals surface area (Å²) in [6, 6.07) is 0. The molecule has 0 unspecified atom stereocenters. The maximum atomic E-state index is 9.33. The summed E-state index contributed by atoms with van der Waals surface area (Å²) in [5.41, 5.74) is 2.20. The van der Waals surface area contributed by atoms with Crippen LogP contribution in [0.5, 0.6) is 0 Å². The summed E-state index contributed by atoms with van der Waals surface area (Å²) in [6.07, 6.45) is 0. The van der Waals surface area contributed by atoms with Crippen LogP contribution in [-0.4, -0.2) is 94.3 Å². The Morgan fingerprint density at radius 1 is 0.562 bits per heavy atom. The first kappa shape index (κ1) is 14.4. The van der Waals surface area contributed by atoms with Crippen molar-refractivity contribution in [3.8, 4) is 0 Å². The molecule has 1 aliphatic rings. The van der Waals surface area contributed by atoms with Crippen molar-refractivity contribution in [1.29, 1.82) is 0 Å². The van der Waals surface area contributed by atoms with E-state index < -0.39 is 0 Å². The molecule has 0 aromatic rings. The summed E-state index contributed by atoms with van der Waals surface area (Å²) < 4.78 is 0. The quantitative estimate of drug-likeness (QED) is 0.439. The molecule has 1 rings (SSSR count). The van der Waals surface area contributed by atoms with Gasteiger partial charge in [0.2, 0.25) is 0 Å². The molecule has 1 aliphatic heterocycles. The van der Waals surface area contributed by atoms with Crippen molar-refractivity contribution in [2.24, 2.45) is 0 Å². The fourth-order valence-corrected chi connectivity index (χ4v) is 2.47. The highest BCUT2D eigenvalue weighted by Crippen LogP contribution is 1.99. The highest BCUT2D eigenvalue weighted by atomic mass is 16.3. The van der Waals surface area contributed by atoms with Crippen LogP contribution in [0, 0.1) is 0 Å². The lowest BCUT2D eigenvalue weighted by Crippen LogP contribution is -2.35. The molecule has 0 atom stereocenters. The van der Waals surface area contributed by atoms with Crippen LogP contribution in [0.15, 0.2) is 10.9 Å². The third-order valence-electron chi connectivity index (χ3n) is 3.59. The van der Waals surface area contributed by atoms with Crippen LogP contribution in [0.2, 0.25) is 0 Å². The zero-order chi connectivity index (χ0) is 11.6. The molecule has 0 fully saturated rings. The fraction of sp³-hybridized carbons (Fsp3) is 0.500. The van der Waals surface area contributed by atoms with Crippen molar-refractivity contribution in [3.63, 3.8) is 0 Å². The van der Waals surface area contributed by atoms with E-state index in [1.807, 2.05) is 0 Å². The molecule has 0 spiro atoms. The highest BCUT2D eigenvalue weighted by Gasteiger charge is 2.11. The Labute approximate surface area is 105 Å². The lowest BCUT2D eigenvalue weighted by molar-refractivity contribution is 0.322. The second-order valence-corrected chi connectivity index (χ2v) is 4.85. The van der Waals surface area contributed by atoms with Crippen LogP contribution in [0.4, 0.5) is 0 Å². The summed E-state index contributed by atoms with van der Waals surface area (Å²) in [7, 11) is 12.2. The first-order valence-corrected chi connectivity index (χ1v) is 6.80. The Balaban J connectivity index is 2.54. The van der Waals surface area contributed by atoms with Gasteiger partial charge < -0.3 is 10.2 Å². The third kappa shape index (κ3) is 5.58. The Hall–Kier alpha value is 0.309. The largest absolute Gasteiger partial charge is 0.393 e. The molecule has 2 N–H and O–H groups in total. The van der Waals surface area contributed by atoms with Crippen LogP contribution in [0.3, 0.4) is 0 Å². The minimum absolute atomic E-state index is 0.135. The van der Waals surface area contributed by atoms with Crippen molar-refractivity contribution in [1.82, 2.24) is 0 Å². The zero-order valence-electron chi connectivity index (χ0n) is 10.4. The van der Waals surface area contributed by atoms with Gasteiger partial charge in [-0.25, -0.2) is 0 Å². The predicted octanol–water partition coefficient (Wildman–Crippen LogP) is -7.20. The second-order valence-electron chi connectivity index (χ2n) is 4.85. The van der Waals surface area contributed by atoms with E-state index >= 15 is 0 Å². The molecular formula is C4H16B10O2. The molecule has 0 radical (unpaired) electrons. The predicted molar refractivity (Wildman–Crippen MR) is 92.7 cm³/mol. The van der Waals surface area contributed by atoms with Crippen LogP contribution in [-0.2, 0) is 0 Å². The fourth-order valence-electron chi connectivity index (χ4n) is 2.47. The summed E-state index contributed by atoms with van der Waals surface area (Å²) in [6.45, 7) is 0.270. The molecule has 0 saturated heterocycles. The van der Waals surface area contributed by atoms with Crippen LogP contribution < -0.4 is 0 Å². The van der Waals surface area contributed by atoms with Gasteiger partial charge in [-0.1, -0.05) is 10.9 Å². The van der Waals surface area contributed by atoms with E-state index in [1.165, 1.54) is 56.5 Å². The smallest absolute Gasteiger partial charge is 0.110 e. The van der Waals surface area contributed by atoms with E-state index in [2.05, 4.69) is 0 Å². The van der Waals surface area contributed by atoms with Crippen molar-refractivity contribution >= 4 is 70.8 Å². The molecule has 0 saturated carbocycles. The number of rotatable bonds is 2. The lowest BCUT2D eigenvalue weighted by atomic mass is 8.87. The average molecular weight is 204 g/mol. The van der Waals surface area contributed by atoms with E-state index in [0.29, 0.717) is 0 Å². The van der Waals surface area contributed by atoms with Gasteiger partial charge in [-0.3, -0.25) is 0 Å². The minimum Gasteiger partial charge on any atom is -0.393 e. The molecule has 0 aliphatic carbocycles. The summed E-state index contributed by atoms with van der Waals surface area (Å²) >= 11 is 0. The SMILES string of the molecule is OC/C1=C(\CO)BBBBBBBBBB1. The highest BCUT2D eigenvalue weighted by molar-refractivity contribution is 7.69. The number of hydrogen-bond acceptors (Lipinski definition) is 2. The van der Waals surface area contributed by atoms with Crippen molar-refractivity contribution < 1.29 is 10.2 Å². The third-order valence-corrected chi connectivity index (χ3v) is 3.59. The Morgan fingerprint density at radius 3 is 1.19 bits per heavy atom. The van der Waals surface area contributed by atoms with E-state index in [4.69, 9.17) is 0 Å². The van der Waals surface area contributed by atoms with Gasteiger partial charge in [-0.15, -0.1) is 0 Å². The molecule has 16 heavy (non-hydrogen) atoms. The monoisotopic (exact) mass is 206 g/mol. The summed E-state index contributed by atoms with van der Waals surface area (Å²) in [4.78, 5) is 0. The van der Waals surface area contributed by atoms with Gasteiger partial charge in [-0.2, -0.15) is 0 Å². The van der Waals surface area contributed by atoms with Crippen molar-refractivity contribution in [2.75, 3.05) is 13.2 Å². The normalized spacial score (nSPS) is 20.9. The average Bonchev–Trinajstić information content (AvgIpc) is 2.30. The van der Waals surface area contributed by atoms with E-state index in [9.17, 15) is 10.2 Å². The van der Waals surface area contributed by atoms with Gasteiger partial charge in [0.1, 0.15) is 14.3 Å². The molecule has 74 valence electrons. The van der Waals surface area contributed by atoms with Crippen molar-refractivity contribution in [3.05, 3.63) is 10.9 Å². The number of aliphatic hydroxyl groups is 2. The van der Waals surface area contributed by atoms with Gasteiger partial charge in [0.25, 0.3) is 0 Å². The zero-order valence-corrected chi connectivity index (χ0v) is 10.4. The number of aliphatic hydroxyl groups excluding tert-OH is 2. The maximum Gasteiger partial charge on any atom is 0.110 e. The number of hydrogen-bond donors (Lipinski definition) is 2. The van der Waals surface area contributed by atoms with Crippen molar-refractivity contribution in [2.45, 2.75) is 0 Å². The van der Waals surface area contributed by atoms with E-state index in [0.717, 1.165) is 25.3 Å². The summed E-state index contributed by atoms with van der Waals surface area (Å²) in [5.74, 6) is 0. The van der Waals surface area contributed by atoms with Gasteiger partial charge in [0.15, 0.2) is 0 Å². The van der Waals surface area contributed by atoms with Gasteiger partial charge >= 0.3 is 0 Å². The molecule has 0 bridgehead atoms. The van der Waals surface area contributed by atoms with E-state index in [1.54, 1.807) is 0 Å². The van der Waals surface area contributed by atoms with Crippen LogP contribution in [0.1, 0.15) is 0 Å². The second kappa shape index (κ2) is 9.35. The molecule has 1 heterocycles. The Kier molecular flexibility index (Phi) is 8.40. The molecular weight excluding hydrogens is 188 g/mol. The topological polar surface area (TPSA) is 40.5 Å². The van der Waals surface area contributed by atoms with Gasteiger partial charge in [0, 0.05) is 42.4 Å².